The van der Waals surface area contributed by atoms with E-state index in [0.717, 1.165) is 64.2 Å². The van der Waals surface area contributed by atoms with E-state index in [-0.39, 0.29) is 18.9 Å². The van der Waals surface area contributed by atoms with Gasteiger partial charge in [0.25, 0.3) is 7.82 Å². The van der Waals surface area contributed by atoms with Crippen LogP contribution in [0.15, 0.2) is 85.1 Å². The third kappa shape index (κ3) is 43.8. The van der Waals surface area contributed by atoms with E-state index in [1.807, 2.05) is 27.2 Å². The van der Waals surface area contributed by atoms with Gasteiger partial charge in [-0.15, -0.1) is 0 Å². The Bertz CT molecular complexity index is 1250. The summed E-state index contributed by atoms with van der Waals surface area (Å²) in [5.41, 5.74) is 0. The molecule has 0 spiro atoms. The molecular weight excluding hydrogens is 768 g/mol. The Morgan fingerprint density at radius 3 is 1.55 bits per heavy atom. The summed E-state index contributed by atoms with van der Waals surface area (Å²) in [4.78, 5) is 25.3. The summed E-state index contributed by atoms with van der Waals surface area (Å²) in [6.07, 6.45) is 58.0. The van der Waals surface area contributed by atoms with Crippen LogP contribution in [-0.4, -0.2) is 68.5 Å². The fourth-order valence-electron chi connectivity index (χ4n) is 6.29. The van der Waals surface area contributed by atoms with E-state index < -0.39 is 26.6 Å². The number of hydrogen-bond donors (Lipinski definition) is 2. The van der Waals surface area contributed by atoms with Gasteiger partial charge in [-0.3, -0.25) is 9.36 Å². The first-order chi connectivity index (χ1) is 29.0. The summed E-state index contributed by atoms with van der Waals surface area (Å²) < 4.78 is 23.2. The van der Waals surface area contributed by atoms with Crippen LogP contribution in [0.2, 0.25) is 0 Å². The molecule has 3 atom stereocenters. The lowest BCUT2D eigenvalue weighted by molar-refractivity contribution is -0.870. The average Bonchev–Trinajstić information content (AvgIpc) is 3.20. The van der Waals surface area contributed by atoms with Gasteiger partial charge in [-0.2, -0.15) is 0 Å². The van der Waals surface area contributed by atoms with Crippen molar-refractivity contribution in [3.05, 3.63) is 85.1 Å². The number of phosphoric ester groups is 1. The van der Waals surface area contributed by atoms with Gasteiger partial charge in [0.05, 0.1) is 39.9 Å². The van der Waals surface area contributed by atoms with Crippen LogP contribution in [0, 0.1) is 0 Å². The Hall–Kier alpha value is -2.32. The lowest BCUT2D eigenvalue weighted by Crippen LogP contribution is -2.45. The minimum Gasteiger partial charge on any atom is -0.756 e. The molecule has 2 N–H and O–H groups in total. The maximum absolute atomic E-state index is 12.8. The van der Waals surface area contributed by atoms with Gasteiger partial charge in [0.15, 0.2) is 0 Å². The summed E-state index contributed by atoms with van der Waals surface area (Å²) in [6.45, 7) is 4.45. The van der Waals surface area contributed by atoms with Gasteiger partial charge in [-0.05, 0) is 83.5 Å². The predicted octanol–water partition coefficient (Wildman–Crippen LogP) is 13.1. The number of amides is 1. The van der Waals surface area contributed by atoms with Crippen molar-refractivity contribution in [3.8, 4) is 0 Å². The first-order valence-corrected chi connectivity index (χ1v) is 25.4. The molecule has 9 heteroatoms. The molecule has 3 unspecified atom stereocenters. The van der Waals surface area contributed by atoms with Crippen molar-refractivity contribution in [1.82, 2.24) is 5.32 Å². The SMILES string of the molecule is CC/C=C\C/C=C\C/C=C\C/C=C\CCCCC(=O)NC(COP(=O)([O-])OCC[N+](C)(C)C)C(O)/C=C/CC/C=C/CC/C=C/CCCCCCCCCCCCCCC. The summed E-state index contributed by atoms with van der Waals surface area (Å²) in [5, 5.41) is 13.7. The number of rotatable bonds is 42. The highest BCUT2D eigenvalue weighted by Crippen LogP contribution is 2.38. The number of phosphoric acid groups is 1. The number of likely N-dealkylation sites (N-methyl/N-ethyl adjacent to an activating group) is 1. The molecule has 0 aromatic carbocycles. The molecule has 346 valence electrons. The van der Waals surface area contributed by atoms with Gasteiger partial charge in [0, 0.05) is 6.42 Å². The Morgan fingerprint density at radius 1 is 0.600 bits per heavy atom. The minimum absolute atomic E-state index is 0.0215. The Balaban J connectivity index is 4.49. The van der Waals surface area contributed by atoms with Crippen LogP contribution in [0.25, 0.3) is 0 Å². The van der Waals surface area contributed by atoms with E-state index in [4.69, 9.17) is 9.05 Å². The first kappa shape index (κ1) is 57.7. The van der Waals surface area contributed by atoms with Crippen molar-refractivity contribution in [2.45, 2.75) is 193 Å². The summed E-state index contributed by atoms with van der Waals surface area (Å²) in [5.74, 6) is -0.255. The van der Waals surface area contributed by atoms with Crippen LogP contribution in [0.5, 0.6) is 0 Å². The number of aliphatic hydroxyl groups is 1. The van der Waals surface area contributed by atoms with Crippen molar-refractivity contribution in [1.29, 1.82) is 0 Å². The second-order valence-electron chi connectivity index (χ2n) is 17.1. The number of nitrogens with one attached hydrogen (secondary N) is 1. The van der Waals surface area contributed by atoms with Crippen LogP contribution in [0.3, 0.4) is 0 Å². The molecule has 0 aliphatic carbocycles. The smallest absolute Gasteiger partial charge is 0.268 e. The molecule has 0 aliphatic heterocycles. The quantitative estimate of drug-likeness (QED) is 0.0274. The standard InChI is InChI=1S/C51H91N2O6P/c1-6-8-10-12-14-16-18-20-22-23-24-25-26-27-28-29-31-32-34-36-38-40-42-44-50(54)49(48-59-60(56,57)58-47-46-53(3,4)5)52-51(55)45-43-41-39-37-35-33-30-21-19-17-15-13-11-9-7-2/h9,11,15,17,21,28-30,34-37,42,44,49-50,54H,6-8,10,12-14,16,18-20,22-27,31-33,38-41,43,45-48H2,1-5H3,(H-,52,55,56,57)/b11-9-,17-15-,29-28+,30-21-,36-34+,37-35-,44-42+. The van der Waals surface area contributed by atoms with Crippen molar-refractivity contribution in [2.24, 2.45) is 0 Å². The molecule has 0 heterocycles. The molecule has 0 radical (unpaired) electrons. The zero-order chi connectivity index (χ0) is 44.3. The molecule has 0 aromatic rings. The van der Waals surface area contributed by atoms with E-state index >= 15 is 0 Å². The lowest BCUT2D eigenvalue weighted by atomic mass is 10.0. The van der Waals surface area contributed by atoms with Crippen LogP contribution in [-0.2, 0) is 18.4 Å². The minimum atomic E-state index is -4.62. The number of hydrogen-bond acceptors (Lipinski definition) is 6. The molecule has 8 nitrogen and oxygen atoms in total. The molecule has 60 heavy (non-hydrogen) atoms. The van der Waals surface area contributed by atoms with Gasteiger partial charge in [0.1, 0.15) is 13.2 Å². The average molecular weight is 859 g/mol. The fraction of sp³-hybridized carbons (Fsp3) is 0.706. The molecule has 0 aromatic heterocycles. The zero-order valence-corrected chi connectivity index (χ0v) is 40.0. The molecule has 0 saturated heterocycles. The fourth-order valence-corrected chi connectivity index (χ4v) is 7.01. The largest absolute Gasteiger partial charge is 0.756 e. The lowest BCUT2D eigenvalue weighted by Gasteiger charge is -2.29. The zero-order valence-electron chi connectivity index (χ0n) is 39.1. The van der Waals surface area contributed by atoms with Crippen molar-refractivity contribution in [3.63, 3.8) is 0 Å². The van der Waals surface area contributed by atoms with E-state index in [1.54, 1.807) is 6.08 Å². The topological polar surface area (TPSA) is 108 Å². The van der Waals surface area contributed by atoms with Crippen molar-refractivity contribution < 1.29 is 32.9 Å². The summed E-state index contributed by atoms with van der Waals surface area (Å²) in [6, 6.07) is -0.936. The highest BCUT2D eigenvalue weighted by molar-refractivity contribution is 7.45. The van der Waals surface area contributed by atoms with E-state index in [1.165, 1.54) is 89.9 Å². The molecule has 0 rings (SSSR count). The number of unbranched alkanes of at least 4 members (excludes halogenated alkanes) is 17. The first-order valence-electron chi connectivity index (χ1n) is 23.9. The number of nitrogens with zero attached hydrogens (tertiary/aromatic N) is 1. The third-order valence-corrected chi connectivity index (χ3v) is 11.0. The molecule has 1 amide bonds. The van der Waals surface area contributed by atoms with Crippen LogP contribution >= 0.6 is 7.82 Å². The van der Waals surface area contributed by atoms with Gasteiger partial charge < -0.3 is 28.8 Å². The summed E-state index contributed by atoms with van der Waals surface area (Å²) in [7, 11) is 1.19. The monoisotopic (exact) mass is 859 g/mol. The van der Waals surface area contributed by atoms with Crippen LogP contribution in [0.4, 0.5) is 0 Å². The number of carbonyl (C=O) groups excluding carboxylic acids is 1. The normalized spacial score (nSPS) is 15.0. The second-order valence-corrected chi connectivity index (χ2v) is 18.5. The third-order valence-electron chi connectivity index (χ3n) is 10.1. The Morgan fingerprint density at radius 2 is 1.03 bits per heavy atom. The van der Waals surface area contributed by atoms with Crippen molar-refractivity contribution >= 4 is 13.7 Å². The van der Waals surface area contributed by atoms with E-state index in [2.05, 4.69) is 92.1 Å². The maximum atomic E-state index is 12.8. The Labute approximate surface area is 369 Å². The highest BCUT2D eigenvalue weighted by Gasteiger charge is 2.23. The molecule has 0 fully saturated rings. The van der Waals surface area contributed by atoms with Crippen molar-refractivity contribution in [2.75, 3.05) is 40.9 Å². The molecule has 0 bridgehead atoms. The van der Waals surface area contributed by atoms with Gasteiger partial charge in [-0.1, -0.05) is 176 Å². The maximum Gasteiger partial charge on any atom is 0.268 e. The highest BCUT2D eigenvalue weighted by atomic mass is 31.2. The summed E-state index contributed by atoms with van der Waals surface area (Å²) >= 11 is 0. The predicted molar refractivity (Wildman–Crippen MR) is 256 cm³/mol. The van der Waals surface area contributed by atoms with E-state index in [0.29, 0.717) is 17.4 Å². The van der Waals surface area contributed by atoms with Gasteiger partial charge in [0.2, 0.25) is 5.91 Å². The number of quaternary nitrogens is 1. The molecule has 0 aliphatic rings. The number of carbonyl (C=O) groups is 1. The number of aliphatic hydroxyl groups excluding tert-OH is 1. The van der Waals surface area contributed by atoms with Gasteiger partial charge >= 0.3 is 0 Å². The number of allylic oxidation sites excluding steroid dienone is 13. The van der Waals surface area contributed by atoms with Gasteiger partial charge in [-0.25, -0.2) is 0 Å². The second kappa shape index (κ2) is 42.0. The van der Waals surface area contributed by atoms with Crippen LogP contribution < -0.4 is 10.2 Å². The van der Waals surface area contributed by atoms with E-state index in [9.17, 15) is 19.4 Å². The molecular formula is C51H91N2O6P. The van der Waals surface area contributed by atoms with Crippen LogP contribution in [0.1, 0.15) is 181 Å². The molecule has 0 saturated carbocycles. The Kier molecular flexibility index (Phi) is 40.4.